The molecule has 0 aromatic heterocycles. The largest absolute Gasteiger partial charge is 0.493 e. The molecule has 0 saturated heterocycles. The predicted molar refractivity (Wildman–Crippen MR) is 141 cm³/mol. The van der Waals surface area contributed by atoms with Crippen molar-refractivity contribution in [2.75, 3.05) is 6.61 Å². The van der Waals surface area contributed by atoms with Crippen LogP contribution in [0.3, 0.4) is 0 Å². The molecular formula is C30H48O4. The Balaban J connectivity index is 1.99. The smallest absolute Gasteiger partial charge is 0.303 e. The summed E-state index contributed by atoms with van der Waals surface area (Å²) in [7, 11) is 0. The van der Waals surface area contributed by atoms with Gasteiger partial charge in [0.25, 0.3) is 0 Å². The first kappa shape index (κ1) is 28.3. The van der Waals surface area contributed by atoms with E-state index in [1.165, 1.54) is 36.0 Å². The van der Waals surface area contributed by atoms with E-state index in [0.29, 0.717) is 18.9 Å². The second kappa shape index (κ2) is 13.2. The molecule has 1 aliphatic rings. The first-order valence-corrected chi connectivity index (χ1v) is 13.4. The number of carboxylic acids is 1. The quantitative estimate of drug-likeness (QED) is 0.219. The van der Waals surface area contributed by atoms with Crippen molar-refractivity contribution in [1.82, 2.24) is 0 Å². The summed E-state index contributed by atoms with van der Waals surface area (Å²) in [6.07, 6.45) is 14.3. The molecule has 0 radical (unpaired) electrons. The van der Waals surface area contributed by atoms with Crippen LogP contribution in [0, 0.1) is 32.6 Å². The lowest BCUT2D eigenvalue weighted by Crippen LogP contribution is -2.35. The Hall–Kier alpha value is -1.97. The molecule has 34 heavy (non-hydrogen) atoms. The van der Waals surface area contributed by atoms with Crippen molar-refractivity contribution < 1.29 is 19.4 Å². The molecule has 2 atom stereocenters. The number of carbonyl (C=O) groups is 1. The normalized spacial score (nSPS) is 18.7. The third-order valence-electron chi connectivity index (χ3n) is 7.29. The Labute approximate surface area is 208 Å². The molecule has 1 heterocycles. The highest BCUT2D eigenvalue weighted by Crippen LogP contribution is 2.44. The maximum absolute atomic E-state index is 10.7. The van der Waals surface area contributed by atoms with Crippen molar-refractivity contribution in [3.05, 3.63) is 34.4 Å². The van der Waals surface area contributed by atoms with Crippen LogP contribution in [0.2, 0.25) is 0 Å². The zero-order valence-electron chi connectivity index (χ0n) is 22.8. The van der Waals surface area contributed by atoms with Gasteiger partial charge in [-0.3, -0.25) is 4.79 Å². The van der Waals surface area contributed by atoms with Gasteiger partial charge in [-0.15, -0.1) is 0 Å². The monoisotopic (exact) mass is 472 g/mol. The van der Waals surface area contributed by atoms with Gasteiger partial charge >= 0.3 is 5.97 Å². The third-order valence-corrected chi connectivity index (χ3v) is 7.29. The van der Waals surface area contributed by atoms with E-state index in [-0.39, 0.29) is 12.0 Å². The van der Waals surface area contributed by atoms with E-state index < -0.39 is 5.97 Å². The molecule has 1 aromatic rings. The Bertz CT molecular complexity index is 839. The lowest BCUT2D eigenvalue weighted by molar-refractivity contribution is -0.137. The number of aliphatic carboxylic acids is 1. The number of benzene rings is 1. The first-order valence-electron chi connectivity index (χ1n) is 13.4. The van der Waals surface area contributed by atoms with Gasteiger partial charge in [-0.25, -0.2) is 0 Å². The molecule has 0 saturated carbocycles. The molecule has 4 nitrogen and oxygen atoms in total. The summed E-state index contributed by atoms with van der Waals surface area (Å²) in [6.45, 7) is 16.2. The van der Waals surface area contributed by atoms with E-state index in [1.807, 2.05) is 0 Å². The maximum Gasteiger partial charge on any atom is 0.303 e. The molecule has 2 rings (SSSR count). The number of allylic oxidation sites excluding steroid dienone is 1. The van der Waals surface area contributed by atoms with Gasteiger partial charge < -0.3 is 14.6 Å². The van der Waals surface area contributed by atoms with Crippen LogP contribution < -0.4 is 9.47 Å². The van der Waals surface area contributed by atoms with Gasteiger partial charge in [-0.05, 0) is 101 Å². The zero-order chi connectivity index (χ0) is 25.3. The van der Waals surface area contributed by atoms with E-state index in [9.17, 15) is 4.79 Å². The lowest BCUT2D eigenvalue weighted by Gasteiger charge is -2.36. The fraction of sp³-hybridized carbons (Fsp3) is 0.700. The Kier molecular flexibility index (Phi) is 11.0. The van der Waals surface area contributed by atoms with Crippen LogP contribution in [0.4, 0.5) is 0 Å². The first-order chi connectivity index (χ1) is 16.0. The summed E-state index contributed by atoms with van der Waals surface area (Å²) in [4.78, 5) is 10.7. The average Bonchev–Trinajstić information content (AvgIpc) is 2.76. The predicted octanol–water partition coefficient (Wildman–Crippen LogP) is 8.13. The van der Waals surface area contributed by atoms with E-state index in [1.54, 1.807) is 0 Å². The minimum atomic E-state index is -0.726. The van der Waals surface area contributed by atoms with E-state index in [0.717, 1.165) is 55.1 Å². The Morgan fingerprint density at radius 1 is 1.06 bits per heavy atom. The van der Waals surface area contributed by atoms with Crippen molar-refractivity contribution in [3.63, 3.8) is 0 Å². The molecule has 0 amide bonds. The minimum Gasteiger partial charge on any atom is -0.493 e. The summed E-state index contributed by atoms with van der Waals surface area (Å²) in [5, 5.41) is 8.77. The van der Waals surface area contributed by atoms with Gasteiger partial charge in [0.15, 0.2) is 0 Å². The highest BCUT2D eigenvalue weighted by molar-refractivity contribution is 5.66. The van der Waals surface area contributed by atoms with E-state index in [4.69, 9.17) is 14.6 Å². The van der Waals surface area contributed by atoms with Gasteiger partial charge in [0, 0.05) is 12.0 Å². The number of hydrogen-bond acceptors (Lipinski definition) is 3. The summed E-state index contributed by atoms with van der Waals surface area (Å²) >= 11 is 0. The fourth-order valence-corrected chi connectivity index (χ4v) is 4.86. The molecular weight excluding hydrogens is 424 g/mol. The molecule has 1 aromatic carbocycles. The van der Waals surface area contributed by atoms with Gasteiger partial charge in [0.1, 0.15) is 17.1 Å². The summed E-state index contributed by atoms with van der Waals surface area (Å²) in [6, 6.07) is 0. The molecule has 4 heteroatoms. The van der Waals surface area contributed by atoms with Crippen LogP contribution in [0.1, 0.15) is 108 Å². The average molecular weight is 473 g/mol. The number of unbranched alkanes of at least 4 members (excludes halogenated alkanes) is 2. The van der Waals surface area contributed by atoms with Crippen molar-refractivity contribution in [2.45, 2.75) is 118 Å². The van der Waals surface area contributed by atoms with Gasteiger partial charge in [0.05, 0.1) is 6.61 Å². The third kappa shape index (κ3) is 8.36. The summed E-state index contributed by atoms with van der Waals surface area (Å²) in [5.74, 6) is 2.79. The molecule has 2 unspecified atom stereocenters. The molecule has 0 fully saturated rings. The SMILES string of the molecule is Cc1c(C)c2c(c(C)c1OCCCCCC(=O)O)CCC(C)(/C=C/CC(C)CCCC(C)C)O2. The highest BCUT2D eigenvalue weighted by atomic mass is 16.5. The standard InChI is InChI=1S/C30H48O4/c1-21(2)13-11-14-22(3)15-12-18-30(7)19-17-26-25(6)28(23(4)24(5)29(26)34-30)33-20-10-8-9-16-27(31)32/h12,18,21-22H,8-11,13-17,19-20H2,1-7H3,(H,31,32)/b18-12+. The van der Waals surface area contributed by atoms with Crippen LogP contribution in [0.15, 0.2) is 12.2 Å². The molecule has 1 aliphatic heterocycles. The highest BCUT2D eigenvalue weighted by Gasteiger charge is 2.32. The van der Waals surface area contributed by atoms with Crippen molar-refractivity contribution in [1.29, 1.82) is 0 Å². The summed E-state index contributed by atoms with van der Waals surface area (Å²) < 4.78 is 12.8. The fourth-order valence-electron chi connectivity index (χ4n) is 4.86. The van der Waals surface area contributed by atoms with Gasteiger partial charge in [-0.1, -0.05) is 46.1 Å². The Morgan fingerprint density at radius 3 is 2.47 bits per heavy atom. The number of carboxylic acid groups (broad SMARTS) is 1. The number of hydrogen-bond donors (Lipinski definition) is 1. The van der Waals surface area contributed by atoms with Crippen molar-refractivity contribution in [3.8, 4) is 11.5 Å². The van der Waals surface area contributed by atoms with Crippen LogP contribution in [-0.4, -0.2) is 23.3 Å². The second-order valence-corrected chi connectivity index (χ2v) is 11.0. The maximum atomic E-state index is 10.7. The number of ether oxygens (including phenoxy) is 2. The van der Waals surface area contributed by atoms with E-state index >= 15 is 0 Å². The molecule has 1 N–H and O–H groups in total. The Morgan fingerprint density at radius 2 is 1.79 bits per heavy atom. The lowest BCUT2D eigenvalue weighted by atomic mass is 9.86. The molecule has 0 bridgehead atoms. The van der Waals surface area contributed by atoms with Crippen molar-refractivity contribution in [2.24, 2.45) is 11.8 Å². The summed E-state index contributed by atoms with van der Waals surface area (Å²) in [5.41, 5.74) is 4.52. The zero-order valence-corrected chi connectivity index (χ0v) is 22.8. The number of rotatable bonds is 14. The van der Waals surface area contributed by atoms with Gasteiger partial charge in [0.2, 0.25) is 0 Å². The second-order valence-electron chi connectivity index (χ2n) is 11.0. The topological polar surface area (TPSA) is 55.8 Å². The minimum absolute atomic E-state index is 0.234. The van der Waals surface area contributed by atoms with Crippen LogP contribution in [0.5, 0.6) is 11.5 Å². The molecule has 0 spiro atoms. The van der Waals surface area contributed by atoms with E-state index in [2.05, 4.69) is 60.6 Å². The van der Waals surface area contributed by atoms with Crippen molar-refractivity contribution >= 4 is 5.97 Å². The van der Waals surface area contributed by atoms with Gasteiger partial charge in [-0.2, -0.15) is 0 Å². The number of fused-ring (bicyclic) bond motifs is 1. The molecule has 192 valence electrons. The van der Waals surface area contributed by atoms with Crippen LogP contribution >= 0.6 is 0 Å². The van der Waals surface area contributed by atoms with Crippen LogP contribution in [-0.2, 0) is 11.2 Å². The van der Waals surface area contributed by atoms with Crippen LogP contribution in [0.25, 0.3) is 0 Å². The molecule has 0 aliphatic carbocycles.